The molecule has 4 amide bonds. The van der Waals surface area contributed by atoms with Gasteiger partial charge in [0.2, 0.25) is 0 Å². The van der Waals surface area contributed by atoms with Gasteiger partial charge in [-0.1, -0.05) is 90.5 Å². The Labute approximate surface area is 270 Å². The van der Waals surface area contributed by atoms with Crippen LogP contribution in [0.2, 0.25) is 0 Å². The molecule has 2 heterocycles. The third-order valence-electron chi connectivity index (χ3n) is 10.8. The molecule has 0 saturated carbocycles. The summed E-state index contributed by atoms with van der Waals surface area (Å²) in [6.45, 7) is 9.44. The van der Waals surface area contributed by atoms with Crippen molar-refractivity contribution in [3.05, 3.63) is 70.8 Å². The fourth-order valence-electron chi connectivity index (χ4n) is 8.05. The third kappa shape index (κ3) is 4.44. The second-order valence-corrected chi connectivity index (χ2v) is 13.4. The van der Waals surface area contributed by atoms with E-state index in [2.05, 4.69) is 27.7 Å². The Kier molecular flexibility index (Phi) is 7.78. The highest BCUT2D eigenvalue weighted by Gasteiger charge is 2.37. The number of benzene rings is 5. The van der Waals surface area contributed by atoms with Gasteiger partial charge in [0, 0.05) is 46.1 Å². The van der Waals surface area contributed by atoms with Crippen molar-refractivity contribution in [3.63, 3.8) is 0 Å². The summed E-state index contributed by atoms with van der Waals surface area (Å²) in [6, 6.07) is 15.4. The van der Waals surface area contributed by atoms with Gasteiger partial charge in [-0.3, -0.25) is 29.0 Å². The monoisotopic (exact) mass is 614 g/mol. The number of amides is 4. The molecule has 0 aliphatic carbocycles. The van der Waals surface area contributed by atoms with Crippen LogP contribution in [0.25, 0.3) is 43.1 Å². The van der Waals surface area contributed by atoms with E-state index in [0.29, 0.717) is 46.1 Å². The lowest BCUT2D eigenvalue weighted by molar-refractivity contribution is 0.0565. The van der Waals surface area contributed by atoms with Crippen LogP contribution in [-0.2, 0) is 0 Å². The lowest BCUT2D eigenvalue weighted by Crippen LogP contribution is -2.43. The molecule has 0 N–H and O–H groups in total. The summed E-state index contributed by atoms with van der Waals surface area (Å²) in [6.07, 6.45) is 8.16. The number of hydrogen-bond acceptors (Lipinski definition) is 4. The quantitative estimate of drug-likeness (QED) is 0.0797. The highest BCUT2D eigenvalue weighted by Crippen LogP contribution is 2.46. The van der Waals surface area contributed by atoms with Crippen molar-refractivity contribution in [1.29, 1.82) is 0 Å². The van der Waals surface area contributed by atoms with Crippen molar-refractivity contribution >= 4 is 66.7 Å². The Balaban J connectivity index is 1.38. The molecule has 6 nitrogen and oxygen atoms in total. The van der Waals surface area contributed by atoms with E-state index in [1.54, 1.807) is 0 Å². The Morgan fingerprint density at radius 3 is 1.02 bits per heavy atom. The van der Waals surface area contributed by atoms with Gasteiger partial charge >= 0.3 is 0 Å². The number of rotatable bonds is 12. The highest BCUT2D eigenvalue weighted by atomic mass is 16.2. The fourth-order valence-corrected chi connectivity index (χ4v) is 8.05. The zero-order valence-corrected chi connectivity index (χ0v) is 27.4. The van der Waals surface area contributed by atoms with E-state index >= 15 is 0 Å². The minimum Gasteiger partial charge on any atom is -0.274 e. The average Bonchev–Trinajstić information content (AvgIpc) is 3.08. The number of fused-ring (bicyclic) bond motifs is 2. The van der Waals surface area contributed by atoms with Gasteiger partial charge in [0.05, 0.1) is 0 Å². The number of carbonyl (C=O) groups excluding carboxylic acids is 4. The first-order valence-corrected chi connectivity index (χ1v) is 17.3. The van der Waals surface area contributed by atoms with Crippen molar-refractivity contribution in [1.82, 2.24) is 9.80 Å². The number of hydrogen-bond donors (Lipinski definition) is 0. The van der Waals surface area contributed by atoms with Gasteiger partial charge in [0.25, 0.3) is 23.6 Å². The summed E-state index contributed by atoms with van der Waals surface area (Å²) in [7, 11) is 0. The maximum absolute atomic E-state index is 13.9. The molecule has 7 rings (SSSR count). The van der Waals surface area contributed by atoms with Crippen LogP contribution in [0, 0.1) is 11.8 Å². The molecular weight excluding hydrogens is 572 g/mol. The summed E-state index contributed by atoms with van der Waals surface area (Å²) in [5.74, 6) is -0.361. The molecule has 0 unspecified atom stereocenters. The maximum atomic E-state index is 13.9. The molecule has 2 aliphatic rings. The number of nitrogens with zero attached hydrogens (tertiary/aromatic N) is 2. The molecule has 236 valence electrons. The van der Waals surface area contributed by atoms with Crippen LogP contribution in [0.15, 0.2) is 48.5 Å². The maximum Gasteiger partial charge on any atom is 0.261 e. The zero-order valence-electron chi connectivity index (χ0n) is 27.4. The van der Waals surface area contributed by atoms with Gasteiger partial charge < -0.3 is 0 Å². The van der Waals surface area contributed by atoms with Crippen LogP contribution in [0.4, 0.5) is 0 Å². The minimum absolute atomic E-state index is 0.229. The Bertz CT molecular complexity index is 1790. The van der Waals surface area contributed by atoms with Crippen molar-refractivity contribution in [2.24, 2.45) is 11.8 Å². The van der Waals surface area contributed by atoms with E-state index in [9.17, 15) is 19.2 Å². The van der Waals surface area contributed by atoms with E-state index < -0.39 is 0 Å². The Hall–Kier alpha value is -4.32. The predicted molar refractivity (Wildman–Crippen MR) is 185 cm³/mol. The third-order valence-corrected chi connectivity index (χ3v) is 10.8. The number of imide groups is 2. The molecule has 46 heavy (non-hydrogen) atoms. The summed E-state index contributed by atoms with van der Waals surface area (Å²) < 4.78 is 0. The summed E-state index contributed by atoms with van der Waals surface area (Å²) in [5, 5.41) is 6.87. The largest absolute Gasteiger partial charge is 0.274 e. The van der Waals surface area contributed by atoms with Gasteiger partial charge in [-0.2, -0.15) is 0 Å². The standard InChI is InChI=1S/C40H42N2O4/c1-5-9-11-23(7-3)21-41-37(43)29-17-13-25-27-15-19-31-36-32(40(46)42(39(31)45)22-24(8-4)12-10-6-2)20-16-28(34(27)36)26-14-18-30(38(41)44)35(29)33(25)26/h13-20,23-24H,5-12,21-22H2,1-4H3/t23-,24-/m0/s1. The van der Waals surface area contributed by atoms with E-state index in [1.807, 2.05) is 48.5 Å². The number of unbranched alkanes of at least 4 members (excludes halogenated alkanes) is 2. The molecule has 0 radical (unpaired) electrons. The van der Waals surface area contributed by atoms with Gasteiger partial charge in [0.15, 0.2) is 0 Å². The molecule has 2 aliphatic heterocycles. The normalized spacial score (nSPS) is 16.2. The SMILES string of the molecule is CCCC[C@H](CC)CN1C(=O)c2ccc3c4ccc5c6c(ccc(c7ccc(c2c37)C1=O)c64)C(=O)N(C[C@@H](CC)CCCC)C5=O. The van der Waals surface area contributed by atoms with E-state index in [1.165, 1.54) is 9.80 Å². The second-order valence-electron chi connectivity index (χ2n) is 13.4. The summed E-state index contributed by atoms with van der Waals surface area (Å²) >= 11 is 0. The van der Waals surface area contributed by atoms with Crippen LogP contribution in [0.1, 0.15) is 120 Å². The molecule has 6 heteroatoms. The van der Waals surface area contributed by atoms with Crippen molar-refractivity contribution in [3.8, 4) is 0 Å². The van der Waals surface area contributed by atoms with Gasteiger partial charge in [-0.05, 0) is 81.3 Å². The van der Waals surface area contributed by atoms with Crippen molar-refractivity contribution in [2.75, 3.05) is 13.1 Å². The molecule has 5 aromatic carbocycles. The van der Waals surface area contributed by atoms with Crippen LogP contribution in [0.3, 0.4) is 0 Å². The van der Waals surface area contributed by atoms with Gasteiger partial charge in [-0.15, -0.1) is 0 Å². The Morgan fingerprint density at radius 2 is 0.761 bits per heavy atom. The molecule has 0 aromatic heterocycles. The first-order valence-electron chi connectivity index (χ1n) is 17.3. The first-order chi connectivity index (χ1) is 22.3. The van der Waals surface area contributed by atoms with Crippen LogP contribution in [0.5, 0.6) is 0 Å². The minimum atomic E-state index is -0.229. The molecule has 0 fully saturated rings. The molecular formula is C40H42N2O4. The van der Waals surface area contributed by atoms with Gasteiger partial charge in [-0.25, -0.2) is 0 Å². The van der Waals surface area contributed by atoms with E-state index in [0.717, 1.165) is 83.7 Å². The molecule has 0 saturated heterocycles. The summed E-state index contributed by atoms with van der Waals surface area (Å²) in [4.78, 5) is 58.6. The highest BCUT2D eigenvalue weighted by molar-refractivity contribution is 6.41. The van der Waals surface area contributed by atoms with Crippen LogP contribution < -0.4 is 0 Å². The molecule has 2 atom stereocenters. The number of carbonyl (C=O) groups is 4. The molecule has 0 spiro atoms. The van der Waals surface area contributed by atoms with Crippen LogP contribution >= 0.6 is 0 Å². The average molecular weight is 615 g/mol. The Morgan fingerprint density at radius 1 is 0.457 bits per heavy atom. The predicted octanol–water partition coefficient (Wildman–Crippen LogP) is 9.36. The van der Waals surface area contributed by atoms with E-state index in [4.69, 9.17) is 0 Å². The summed E-state index contributed by atoms with van der Waals surface area (Å²) in [5.41, 5.74) is 2.24. The smallest absolute Gasteiger partial charge is 0.261 e. The fraction of sp³-hybridized carbons (Fsp3) is 0.400. The van der Waals surface area contributed by atoms with Gasteiger partial charge in [0.1, 0.15) is 0 Å². The van der Waals surface area contributed by atoms with Crippen LogP contribution in [-0.4, -0.2) is 46.5 Å². The lowest BCUT2D eigenvalue weighted by atomic mass is 9.82. The molecule has 0 bridgehead atoms. The van der Waals surface area contributed by atoms with Crippen molar-refractivity contribution in [2.45, 2.75) is 79.1 Å². The molecule has 5 aromatic rings. The van der Waals surface area contributed by atoms with Crippen molar-refractivity contribution < 1.29 is 19.2 Å². The zero-order chi connectivity index (χ0) is 32.3. The first kappa shape index (κ1) is 30.3. The topological polar surface area (TPSA) is 74.8 Å². The second kappa shape index (κ2) is 11.8. The lowest BCUT2D eigenvalue weighted by Gasteiger charge is -2.32. The van der Waals surface area contributed by atoms with E-state index in [-0.39, 0.29) is 35.5 Å².